The third-order valence-electron chi connectivity index (χ3n) is 2.68. The first-order valence-electron chi connectivity index (χ1n) is 4.79. The summed E-state index contributed by atoms with van der Waals surface area (Å²) in [4.78, 5) is 12.0. The molecule has 80 valence electrons. The van der Waals surface area contributed by atoms with Crippen LogP contribution in [0.1, 0.15) is 24.5 Å². The van der Waals surface area contributed by atoms with E-state index in [2.05, 4.69) is 4.72 Å². The number of hydrogen-bond donors (Lipinski definition) is 2. The molecule has 1 aliphatic rings. The first kappa shape index (κ1) is 10.5. The summed E-state index contributed by atoms with van der Waals surface area (Å²) in [7, 11) is 0. The Morgan fingerprint density at radius 3 is 3.00 bits per heavy atom. The minimum atomic E-state index is -0.776. The Bertz CT molecular complexity index is 419. The summed E-state index contributed by atoms with van der Waals surface area (Å²) < 4.78 is 3.21. The Balaban J connectivity index is 2.46. The fourth-order valence-corrected chi connectivity index (χ4v) is 3.22. The van der Waals surface area contributed by atoms with Gasteiger partial charge in [0.1, 0.15) is 0 Å². The Labute approximate surface area is 93.0 Å². The molecule has 4 heteroatoms. The molecule has 0 amide bonds. The standard InChI is InChI=1S/C11H13NO2S/c1-7-4-3-5-8-10(7)11(2,12-15-8)6-9(13)14/h3-5,12H,6H2,1-2H3,(H,13,14). The van der Waals surface area contributed by atoms with Gasteiger partial charge in [-0.15, -0.1) is 0 Å². The van der Waals surface area contributed by atoms with Crippen molar-refractivity contribution in [2.24, 2.45) is 0 Å². The van der Waals surface area contributed by atoms with Gasteiger partial charge in [0.05, 0.1) is 12.0 Å². The van der Waals surface area contributed by atoms with Gasteiger partial charge in [-0.1, -0.05) is 12.1 Å². The molecule has 1 aromatic rings. The van der Waals surface area contributed by atoms with Crippen molar-refractivity contribution < 1.29 is 9.90 Å². The van der Waals surface area contributed by atoms with Crippen LogP contribution in [0.5, 0.6) is 0 Å². The highest BCUT2D eigenvalue weighted by atomic mass is 32.2. The smallest absolute Gasteiger partial charge is 0.305 e. The molecule has 2 rings (SSSR count). The van der Waals surface area contributed by atoms with Gasteiger partial charge >= 0.3 is 5.97 Å². The molecule has 1 atom stereocenters. The Morgan fingerprint density at radius 1 is 1.60 bits per heavy atom. The zero-order valence-electron chi connectivity index (χ0n) is 8.70. The molecule has 0 aliphatic carbocycles. The highest BCUT2D eigenvalue weighted by molar-refractivity contribution is 7.97. The molecular formula is C11H13NO2S. The lowest BCUT2D eigenvalue weighted by molar-refractivity contribution is -0.138. The predicted octanol–water partition coefficient (Wildman–Crippen LogP) is 2.30. The number of benzene rings is 1. The van der Waals surface area contributed by atoms with Crippen LogP contribution in [-0.2, 0) is 10.3 Å². The second-order valence-corrected chi connectivity index (χ2v) is 4.90. The number of hydrogen-bond acceptors (Lipinski definition) is 3. The molecule has 0 fully saturated rings. The van der Waals surface area contributed by atoms with Crippen LogP contribution in [0.4, 0.5) is 0 Å². The van der Waals surface area contributed by atoms with Gasteiger partial charge in [0.25, 0.3) is 0 Å². The molecule has 1 unspecified atom stereocenters. The van der Waals surface area contributed by atoms with Crippen LogP contribution in [0.3, 0.4) is 0 Å². The van der Waals surface area contributed by atoms with Gasteiger partial charge in [-0.3, -0.25) is 4.79 Å². The number of fused-ring (bicyclic) bond motifs is 1. The second kappa shape index (κ2) is 3.54. The molecule has 15 heavy (non-hydrogen) atoms. The van der Waals surface area contributed by atoms with Crippen molar-refractivity contribution in [3.63, 3.8) is 0 Å². The zero-order valence-corrected chi connectivity index (χ0v) is 9.52. The molecule has 1 aromatic carbocycles. The topological polar surface area (TPSA) is 49.3 Å². The molecular weight excluding hydrogens is 210 g/mol. The fourth-order valence-electron chi connectivity index (χ4n) is 2.08. The maximum atomic E-state index is 10.8. The normalized spacial score (nSPS) is 23.9. The highest BCUT2D eigenvalue weighted by Gasteiger charge is 2.37. The number of rotatable bonds is 2. The number of nitrogens with one attached hydrogen (secondary N) is 1. The average molecular weight is 223 g/mol. The molecule has 1 aliphatic heterocycles. The minimum Gasteiger partial charge on any atom is -0.481 e. The van der Waals surface area contributed by atoms with Crippen LogP contribution in [0.2, 0.25) is 0 Å². The maximum absolute atomic E-state index is 10.8. The Morgan fingerprint density at radius 2 is 2.33 bits per heavy atom. The molecule has 0 saturated carbocycles. The highest BCUT2D eigenvalue weighted by Crippen LogP contribution is 2.42. The van der Waals surface area contributed by atoms with E-state index < -0.39 is 11.5 Å². The van der Waals surface area contributed by atoms with E-state index in [0.29, 0.717) is 0 Å². The molecule has 0 radical (unpaired) electrons. The second-order valence-electron chi connectivity index (χ2n) is 4.05. The molecule has 0 bridgehead atoms. The summed E-state index contributed by atoms with van der Waals surface area (Å²) >= 11 is 1.52. The van der Waals surface area contributed by atoms with Crippen LogP contribution in [-0.4, -0.2) is 11.1 Å². The summed E-state index contributed by atoms with van der Waals surface area (Å²) in [5, 5.41) is 8.91. The van der Waals surface area contributed by atoms with Crippen molar-refractivity contribution in [3.8, 4) is 0 Å². The number of carbonyl (C=O) groups is 1. The van der Waals surface area contributed by atoms with Crippen LogP contribution in [0.25, 0.3) is 0 Å². The van der Waals surface area contributed by atoms with E-state index in [-0.39, 0.29) is 6.42 Å². The summed E-state index contributed by atoms with van der Waals surface area (Å²) in [5.41, 5.74) is 1.82. The van der Waals surface area contributed by atoms with Crippen molar-refractivity contribution >= 4 is 17.9 Å². The molecule has 2 N–H and O–H groups in total. The maximum Gasteiger partial charge on any atom is 0.305 e. The summed E-state index contributed by atoms with van der Waals surface area (Å²) in [5.74, 6) is -0.776. The van der Waals surface area contributed by atoms with E-state index in [1.54, 1.807) is 0 Å². The minimum absolute atomic E-state index is 0.109. The summed E-state index contributed by atoms with van der Waals surface area (Å²) in [6.45, 7) is 3.96. The summed E-state index contributed by atoms with van der Waals surface area (Å²) in [6, 6.07) is 6.04. The lowest BCUT2D eigenvalue weighted by Gasteiger charge is -2.24. The van der Waals surface area contributed by atoms with Crippen LogP contribution >= 0.6 is 11.9 Å². The van der Waals surface area contributed by atoms with Gasteiger partial charge in [-0.2, -0.15) is 0 Å². The van der Waals surface area contributed by atoms with Crippen molar-refractivity contribution in [1.82, 2.24) is 4.72 Å². The first-order chi connectivity index (χ1) is 7.03. The van der Waals surface area contributed by atoms with E-state index in [0.717, 1.165) is 16.0 Å². The molecule has 0 aromatic heterocycles. The van der Waals surface area contributed by atoms with Crippen LogP contribution < -0.4 is 4.72 Å². The zero-order chi connectivity index (χ0) is 11.1. The monoisotopic (exact) mass is 223 g/mol. The van der Waals surface area contributed by atoms with Gasteiger partial charge in [-0.25, -0.2) is 4.72 Å². The van der Waals surface area contributed by atoms with Gasteiger partial charge in [0.2, 0.25) is 0 Å². The summed E-state index contributed by atoms with van der Waals surface area (Å²) in [6.07, 6.45) is 0.109. The lowest BCUT2D eigenvalue weighted by atomic mass is 9.87. The molecule has 3 nitrogen and oxygen atoms in total. The quantitative estimate of drug-likeness (QED) is 0.755. The third kappa shape index (κ3) is 1.75. The third-order valence-corrected chi connectivity index (χ3v) is 3.79. The Hall–Kier alpha value is -1.00. The fraction of sp³-hybridized carbons (Fsp3) is 0.364. The number of carboxylic acid groups (broad SMARTS) is 1. The van der Waals surface area contributed by atoms with Crippen molar-refractivity contribution in [1.29, 1.82) is 0 Å². The van der Waals surface area contributed by atoms with Gasteiger partial charge in [0.15, 0.2) is 0 Å². The van der Waals surface area contributed by atoms with E-state index in [1.807, 2.05) is 32.0 Å². The number of carboxylic acids is 1. The average Bonchev–Trinajstić information content (AvgIpc) is 2.44. The van der Waals surface area contributed by atoms with E-state index in [1.165, 1.54) is 11.9 Å². The van der Waals surface area contributed by atoms with Gasteiger partial charge in [0, 0.05) is 4.90 Å². The largest absolute Gasteiger partial charge is 0.481 e. The Kier molecular flexibility index (Phi) is 2.48. The van der Waals surface area contributed by atoms with Crippen molar-refractivity contribution in [2.45, 2.75) is 30.7 Å². The molecule has 1 heterocycles. The lowest BCUT2D eigenvalue weighted by Crippen LogP contribution is -2.34. The number of aliphatic carboxylic acids is 1. The first-order valence-corrected chi connectivity index (χ1v) is 5.60. The molecule has 0 spiro atoms. The van der Waals surface area contributed by atoms with E-state index in [4.69, 9.17) is 5.11 Å². The van der Waals surface area contributed by atoms with Crippen LogP contribution in [0, 0.1) is 6.92 Å². The number of aryl methyl sites for hydroxylation is 1. The van der Waals surface area contributed by atoms with Crippen molar-refractivity contribution in [2.75, 3.05) is 0 Å². The SMILES string of the molecule is Cc1cccc2c1C(C)(CC(=O)O)NS2. The van der Waals surface area contributed by atoms with Crippen molar-refractivity contribution in [3.05, 3.63) is 29.3 Å². The van der Waals surface area contributed by atoms with Gasteiger partial charge in [-0.05, 0) is 43.0 Å². The molecule has 0 saturated heterocycles. The predicted molar refractivity (Wildman–Crippen MR) is 59.8 cm³/mol. The van der Waals surface area contributed by atoms with E-state index in [9.17, 15) is 4.79 Å². The van der Waals surface area contributed by atoms with Crippen LogP contribution in [0.15, 0.2) is 23.1 Å². The van der Waals surface area contributed by atoms with E-state index >= 15 is 0 Å². The van der Waals surface area contributed by atoms with Gasteiger partial charge < -0.3 is 5.11 Å².